The largest absolute Gasteiger partial charge is 0.342 e. The van der Waals surface area contributed by atoms with Crippen LogP contribution in [-0.2, 0) is 4.79 Å². The summed E-state index contributed by atoms with van der Waals surface area (Å²) in [4.78, 5) is 25.6. The molecule has 3 amide bonds. The van der Waals surface area contributed by atoms with Gasteiger partial charge >= 0.3 is 6.03 Å². The summed E-state index contributed by atoms with van der Waals surface area (Å²) in [6, 6.07) is 3.32. The van der Waals surface area contributed by atoms with E-state index in [2.05, 4.69) is 20.8 Å². The number of thioether (sulfide) groups is 1. The SMILES string of the molecule is O=C(Nc1cccs1)Nc1nnc(SCC(=O)N2CCCC2)s1. The molecule has 2 N–H and O–H groups in total. The first-order chi connectivity index (χ1) is 11.2. The third kappa shape index (κ3) is 4.66. The van der Waals surface area contributed by atoms with Crippen molar-refractivity contribution in [2.24, 2.45) is 0 Å². The third-order valence-electron chi connectivity index (χ3n) is 3.16. The van der Waals surface area contributed by atoms with Crippen LogP contribution in [0.2, 0.25) is 0 Å². The third-order valence-corrected chi connectivity index (χ3v) is 5.90. The van der Waals surface area contributed by atoms with Gasteiger partial charge in [-0.25, -0.2) is 4.79 Å². The van der Waals surface area contributed by atoms with Crippen LogP contribution in [0.3, 0.4) is 0 Å². The maximum absolute atomic E-state index is 12.0. The summed E-state index contributed by atoms with van der Waals surface area (Å²) in [5, 5.41) is 16.3. The zero-order chi connectivity index (χ0) is 16.1. The van der Waals surface area contributed by atoms with Crippen LogP contribution in [0.4, 0.5) is 14.9 Å². The molecule has 0 saturated carbocycles. The van der Waals surface area contributed by atoms with Gasteiger partial charge in [0.25, 0.3) is 0 Å². The van der Waals surface area contributed by atoms with E-state index in [0.29, 0.717) is 15.2 Å². The van der Waals surface area contributed by atoms with Crippen molar-refractivity contribution in [1.82, 2.24) is 15.1 Å². The Kier molecular flexibility index (Phi) is 5.47. The van der Waals surface area contributed by atoms with Crippen LogP contribution in [-0.4, -0.2) is 45.9 Å². The molecule has 1 fully saturated rings. The van der Waals surface area contributed by atoms with E-state index in [1.807, 2.05) is 22.4 Å². The quantitative estimate of drug-likeness (QED) is 0.625. The molecule has 0 aliphatic carbocycles. The molecule has 3 rings (SSSR count). The standard InChI is InChI=1S/C13H15N5O2S3/c19-10(18-5-1-2-6-18)8-22-13-17-16-12(23-13)15-11(20)14-9-4-3-7-21-9/h3-4,7H,1-2,5-6,8H2,(H2,14,15,16,20). The lowest BCUT2D eigenvalue weighted by molar-refractivity contribution is -0.127. The summed E-state index contributed by atoms with van der Waals surface area (Å²) in [6.45, 7) is 1.70. The van der Waals surface area contributed by atoms with Crippen LogP contribution in [0.25, 0.3) is 0 Å². The number of hydrogen-bond donors (Lipinski definition) is 2. The molecule has 3 heterocycles. The van der Waals surface area contributed by atoms with E-state index in [0.717, 1.165) is 30.9 Å². The van der Waals surface area contributed by atoms with Crippen LogP contribution in [0.15, 0.2) is 21.9 Å². The van der Waals surface area contributed by atoms with Gasteiger partial charge in [-0.3, -0.25) is 15.4 Å². The van der Waals surface area contributed by atoms with Crippen LogP contribution in [0.5, 0.6) is 0 Å². The second-order valence-corrected chi connectivity index (χ2v) is 7.95. The predicted octanol–water partition coefficient (Wildman–Crippen LogP) is 2.96. The van der Waals surface area contributed by atoms with E-state index in [9.17, 15) is 9.59 Å². The number of anilines is 2. The van der Waals surface area contributed by atoms with Gasteiger partial charge in [-0.05, 0) is 30.4 Å². The number of hydrogen-bond acceptors (Lipinski definition) is 7. The molecule has 0 aromatic carbocycles. The van der Waals surface area contributed by atoms with Gasteiger partial charge in [-0.15, -0.1) is 21.5 Å². The summed E-state index contributed by atoms with van der Waals surface area (Å²) in [5.41, 5.74) is 0. The topological polar surface area (TPSA) is 87.2 Å². The van der Waals surface area contributed by atoms with E-state index in [4.69, 9.17) is 0 Å². The minimum absolute atomic E-state index is 0.132. The number of rotatable bonds is 5. The summed E-state index contributed by atoms with van der Waals surface area (Å²) in [5.74, 6) is 0.489. The summed E-state index contributed by atoms with van der Waals surface area (Å²) in [7, 11) is 0. The van der Waals surface area contributed by atoms with Crippen molar-refractivity contribution in [2.75, 3.05) is 29.5 Å². The number of carbonyl (C=O) groups excluding carboxylic acids is 2. The van der Waals surface area contributed by atoms with Crippen LogP contribution >= 0.6 is 34.4 Å². The van der Waals surface area contributed by atoms with E-state index in [1.54, 1.807) is 0 Å². The Hall–Kier alpha value is -1.65. The molecule has 0 bridgehead atoms. The molecule has 7 nitrogen and oxygen atoms in total. The zero-order valence-corrected chi connectivity index (χ0v) is 14.6. The number of amides is 3. The molecule has 1 aliphatic heterocycles. The van der Waals surface area contributed by atoms with Gasteiger partial charge in [0, 0.05) is 13.1 Å². The van der Waals surface area contributed by atoms with Crippen molar-refractivity contribution >= 4 is 56.5 Å². The molecule has 0 spiro atoms. The highest BCUT2D eigenvalue weighted by atomic mass is 32.2. The molecule has 1 saturated heterocycles. The predicted molar refractivity (Wildman–Crippen MR) is 93.4 cm³/mol. The molecule has 10 heteroatoms. The molecule has 0 atom stereocenters. The van der Waals surface area contributed by atoms with Crippen LogP contribution in [0.1, 0.15) is 12.8 Å². The van der Waals surface area contributed by atoms with E-state index >= 15 is 0 Å². The highest BCUT2D eigenvalue weighted by molar-refractivity contribution is 8.01. The summed E-state index contributed by atoms with van der Waals surface area (Å²) in [6.07, 6.45) is 2.17. The molecule has 23 heavy (non-hydrogen) atoms. The second kappa shape index (κ2) is 7.75. The minimum atomic E-state index is -0.353. The van der Waals surface area contributed by atoms with Crippen molar-refractivity contribution < 1.29 is 9.59 Å². The van der Waals surface area contributed by atoms with E-state index in [-0.39, 0.29) is 11.9 Å². The Balaban J connectivity index is 1.45. The minimum Gasteiger partial charge on any atom is -0.342 e. The number of urea groups is 1. The van der Waals surface area contributed by atoms with Gasteiger partial charge in [0.05, 0.1) is 10.8 Å². The molecule has 0 unspecified atom stereocenters. The Labute approximate surface area is 145 Å². The highest BCUT2D eigenvalue weighted by Crippen LogP contribution is 2.26. The van der Waals surface area contributed by atoms with Gasteiger partial charge in [0.15, 0.2) is 4.34 Å². The molecule has 122 valence electrons. The first kappa shape index (κ1) is 16.2. The number of carbonyl (C=O) groups is 2. The molecule has 0 radical (unpaired) electrons. The Bertz CT molecular complexity index is 667. The number of nitrogens with one attached hydrogen (secondary N) is 2. The van der Waals surface area contributed by atoms with Crippen molar-refractivity contribution in [3.63, 3.8) is 0 Å². The molecular weight excluding hydrogens is 354 g/mol. The highest BCUT2D eigenvalue weighted by Gasteiger charge is 2.18. The fourth-order valence-corrected chi connectivity index (χ4v) is 4.35. The Morgan fingerprint density at radius 3 is 2.83 bits per heavy atom. The second-order valence-electron chi connectivity index (χ2n) is 4.81. The van der Waals surface area contributed by atoms with Gasteiger partial charge in [0.2, 0.25) is 11.0 Å². The first-order valence-electron chi connectivity index (χ1n) is 7.06. The van der Waals surface area contributed by atoms with Crippen molar-refractivity contribution in [2.45, 2.75) is 17.2 Å². The van der Waals surface area contributed by atoms with Crippen molar-refractivity contribution in [3.8, 4) is 0 Å². The first-order valence-corrected chi connectivity index (χ1v) is 9.74. The van der Waals surface area contributed by atoms with Crippen LogP contribution < -0.4 is 10.6 Å². The van der Waals surface area contributed by atoms with Gasteiger partial charge < -0.3 is 4.90 Å². The van der Waals surface area contributed by atoms with E-state index in [1.165, 1.54) is 34.4 Å². The molecule has 2 aromatic heterocycles. The van der Waals surface area contributed by atoms with Gasteiger partial charge in [-0.2, -0.15) is 0 Å². The average molecular weight is 369 g/mol. The van der Waals surface area contributed by atoms with Gasteiger partial charge in [0.1, 0.15) is 0 Å². The number of aromatic nitrogens is 2. The Morgan fingerprint density at radius 2 is 2.09 bits per heavy atom. The van der Waals surface area contributed by atoms with Crippen molar-refractivity contribution in [1.29, 1.82) is 0 Å². The number of thiophene rings is 1. The maximum atomic E-state index is 12.0. The monoisotopic (exact) mass is 369 g/mol. The summed E-state index contributed by atoms with van der Waals surface area (Å²) >= 11 is 4.05. The van der Waals surface area contributed by atoms with Crippen LogP contribution in [0, 0.1) is 0 Å². The fraction of sp³-hybridized carbons (Fsp3) is 0.385. The van der Waals surface area contributed by atoms with E-state index < -0.39 is 0 Å². The molecule has 1 aliphatic rings. The lowest BCUT2D eigenvalue weighted by Crippen LogP contribution is -2.29. The average Bonchev–Trinajstić information content (AvgIpc) is 3.27. The lowest BCUT2D eigenvalue weighted by atomic mass is 10.4. The van der Waals surface area contributed by atoms with Gasteiger partial charge in [-0.1, -0.05) is 23.1 Å². The number of nitrogens with zero attached hydrogens (tertiary/aromatic N) is 3. The lowest BCUT2D eigenvalue weighted by Gasteiger charge is -2.13. The maximum Gasteiger partial charge on any atom is 0.326 e. The normalized spacial score (nSPS) is 14.0. The molecular formula is C13H15N5O2S3. The smallest absolute Gasteiger partial charge is 0.326 e. The fourth-order valence-electron chi connectivity index (χ4n) is 2.09. The van der Waals surface area contributed by atoms with Crippen molar-refractivity contribution in [3.05, 3.63) is 17.5 Å². The summed E-state index contributed by atoms with van der Waals surface area (Å²) < 4.78 is 0.670. The number of likely N-dealkylation sites (tertiary alicyclic amines) is 1. The Morgan fingerprint density at radius 1 is 1.26 bits per heavy atom. The zero-order valence-electron chi connectivity index (χ0n) is 12.2. The molecule has 2 aromatic rings.